The summed E-state index contributed by atoms with van der Waals surface area (Å²) in [7, 11) is 1.27. The number of piperidine rings is 1. The second kappa shape index (κ2) is 8.56. The SMILES string of the molecule is COC(=O)Cn1c(SCC(=O)N2CCCC[C@@H]2C)nc2ccccc2c1=O. The van der Waals surface area contributed by atoms with Gasteiger partial charge in [0.05, 0.1) is 23.8 Å². The van der Waals surface area contributed by atoms with E-state index >= 15 is 0 Å². The number of esters is 1. The molecule has 144 valence electrons. The molecule has 7 nitrogen and oxygen atoms in total. The summed E-state index contributed by atoms with van der Waals surface area (Å²) in [5.74, 6) is -0.331. The van der Waals surface area contributed by atoms with Crippen molar-refractivity contribution in [3.05, 3.63) is 34.6 Å². The first kappa shape index (κ1) is 19.4. The van der Waals surface area contributed by atoms with Gasteiger partial charge in [-0.2, -0.15) is 0 Å². The lowest BCUT2D eigenvalue weighted by Gasteiger charge is -2.33. The Bertz CT molecular complexity index is 911. The van der Waals surface area contributed by atoms with Crippen LogP contribution in [-0.2, 0) is 20.9 Å². The van der Waals surface area contributed by atoms with Gasteiger partial charge in [-0.1, -0.05) is 23.9 Å². The predicted octanol–water partition coefficient (Wildman–Crippen LogP) is 2.06. The first-order valence-corrected chi connectivity index (χ1v) is 9.98. The van der Waals surface area contributed by atoms with Crippen molar-refractivity contribution in [3.8, 4) is 0 Å². The summed E-state index contributed by atoms with van der Waals surface area (Å²) in [6.45, 7) is 2.59. The normalized spacial score (nSPS) is 17.1. The number of carbonyl (C=O) groups is 2. The minimum absolute atomic E-state index is 0.0271. The standard InChI is InChI=1S/C19H23N3O4S/c1-13-7-5-6-10-21(13)16(23)12-27-19-20-15-9-4-3-8-14(15)18(25)22(19)11-17(24)26-2/h3-4,8-9,13H,5-7,10-12H2,1-2H3/t13-/m0/s1. The van der Waals surface area contributed by atoms with Gasteiger partial charge in [-0.05, 0) is 38.3 Å². The molecule has 0 saturated carbocycles. The highest BCUT2D eigenvalue weighted by Gasteiger charge is 2.24. The molecule has 0 spiro atoms. The Balaban J connectivity index is 1.87. The van der Waals surface area contributed by atoms with Crippen LogP contribution in [-0.4, -0.2) is 51.8 Å². The summed E-state index contributed by atoms with van der Waals surface area (Å²) in [5, 5.41) is 0.781. The Morgan fingerprint density at radius 3 is 2.81 bits per heavy atom. The highest BCUT2D eigenvalue weighted by atomic mass is 32.2. The van der Waals surface area contributed by atoms with Crippen LogP contribution in [0.15, 0.2) is 34.2 Å². The number of nitrogens with zero attached hydrogens (tertiary/aromatic N) is 3. The van der Waals surface area contributed by atoms with Gasteiger partial charge in [-0.3, -0.25) is 19.0 Å². The zero-order valence-corrected chi connectivity index (χ0v) is 16.3. The Morgan fingerprint density at radius 2 is 2.07 bits per heavy atom. The number of likely N-dealkylation sites (tertiary alicyclic amines) is 1. The molecule has 0 radical (unpaired) electrons. The summed E-state index contributed by atoms with van der Waals surface area (Å²) >= 11 is 1.19. The molecule has 1 aromatic carbocycles. The molecule has 3 rings (SSSR count). The Morgan fingerprint density at radius 1 is 1.30 bits per heavy atom. The van der Waals surface area contributed by atoms with E-state index in [1.807, 2.05) is 4.90 Å². The largest absolute Gasteiger partial charge is 0.468 e. The van der Waals surface area contributed by atoms with E-state index in [-0.39, 0.29) is 29.8 Å². The zero-order valence-electron chi connectivity index (χ0n) is 15.5. The van der Waals surface area contributed by atoms with E-state index in [2.05, 4.69) is 11.9 Å². The number of benzene rings is 1. The quantitative estimate of drug-likeness (QED) is 0.442. The van der Waals surface area contributed by atoms with Crippen molar-refractivity contribution in [1.82, 2.24) is 14.5 Å². The van der Waals surface area contributed by atoms with Gasteiger partial charge in [-0.25, -0.2) is 4.98 Å². The van der Waals surface area contributed by atoms with Crippen molar-refractivity contribution in [3.63, 3.8) is 0 Å². The van der Waals surface area contributed by atoms with Gasteiger partial charge in [0, 0.05) is 12.6 Å². The van der Waals surface area contributed by atoms with Gasteiger partial charge in [0.15, 0.2) is 5.16 Å². The predicted molar refractivity (Wildman–Crippen MR) is 104 cm³/mol. The molecule has 1 atom stereocenters. The van der Waals surface area contributed by atoms with Gasteiger partial charge >= 0.3 is 5.97 Å². The maximum Gasteiger partial charge on any atom is 0.325 e. The Labute approximate surface area is 161 Å². The minimum Gasteiger partial charge on any atom is -0.468 e. The lowest BCUT2D eigenvalue weighted by molar-refractivity contribution is -0.141. The molecule has 2 heterocycles. The molecule has 27 heavy (non-hydrogen) atoms. The number of amides is 1. The number of methoxy groups -OCH3 is 1. The van der Waals surface area contributed by atoms with Gasteiger partial charge in [-0.15, -0.1) is 0 Å². The van der Waals surface area contributed by atoms with Crippen LogP contribution in [0.1, 0.15) is 26.2 Å². The number of ether oxygens (including phenoxy) is 1. The molecule has 1 aliphatic heterocycles. The van der Waals surface area contributed by atoms with Crippen molar-refractivity contribution < 1.29 is 14.3 Å². The molecule has 0 unspecified atom stereocenters. The van der Waals surface area contributed by atoms with Crippen LogP contribution in [0, 0.1) is 0 Å². The molecule has 0 N–H and O–H groups in total. The van der Waals surface area contributed by atoms with Crippen LogP contribution >= 0.6 is 11.8 Å². The van der Waals surface area contributed by atoms with Crippen molar-refractivity contribution in [1.29, 1.82) is 0 Å². The second-order valence-corrected chi connectivity index (χ2v) is 7.54. The molecule has 1 saturated heterocycles. The fourth-order valence-corrected chi connectivity index (χ4v) is 4.15. The number of aromatic nitrogens is 2. The van der Waals surface area contributed by atoms with E-state index in [0.29, 0.717) is 16.1 Å². The number of hydrogen-bond donors (Lipinski definition) is 0. The van der Waals surface area contributed by atoms with E-state index in [0.717, 1.165) is 25.8 Å². The van der Waals surface area contributed by atoms with Crippen molar-refractivity contribution in [2.75, 3.05) is 19.4 Å². The number of para-hydroxylation sites is 1. The Kier molecular flexibility index (Phi) is 6.15. The molecule has 1 fully saturated rings. The maximum atomic E-state index is 12.8. The van der Waals surface area contributed by atoms with E-state index in [9.17, 15) is 14.4 Å². The number of rotatable bonds is 5. The van der Waals surface area contributed by atoms with Crippen LogP contribution in [0.3, 0.4) is 0 Å². The van der Waals surface area contributed by atoms with Gasteiger partial charge < -0.3 is 9.64 Å². The third-order valence-electron chi connectivity index (χ3n) is 4.79. The molecule has 2 aromatic rings. The summed E-state index contributed by atoms with van der Waals surface area (Å²) in [4.78, 5) is 43.6. The van der Waals surface area contributed by atoms with E-state index in [1.165, 1.54) is 23.4 Å². The molecule has 0 bridgehead atoms. The number of carbonyl (C=O) groups excluding carboxylic acids is 2. The molecule has 8 heteroatoms. The lowest BCUT2D eigenvalue weighted by Crippen LogP contribution is -2.43. The summed E-state index contributed by atoms with van der Waals surface area (Å²) in [6, 6.07) is 7.20. The number of fused-ring (bicyclic) bond motifs is 1. The summed E-state index contributed by atoms with van der Waals surface area (Å²) in [6.07, 6.45) is 3.17. The third kappa shape index (κ3) is 4.32. The number of thioether (sulfide) groups is 1. The van der Waals surface area contributed by atoms with Crippen LogP contribution < -0.4 is 5.56 Å². The van der Waals surface area contributed by atoms with Crippen LogP contribution in [0.4, 0.5) is 0 Å². The van der Waals surface area contributed by atoms with E-state index in [4.69, 9.17) is 4.74 Å². The number of hydrogen-bond acceptors (Lipinski definition) is 6. The zero-order chi connectivity index (χ0) is 19.4. The van der Waals surface area contributed by atoms with Crippen molar-refractivity contribution in [2.45, 2.75) is 43.9 Å². The van der Waals surface area contributed by atoms with E-state index < -0.39 is 5.97 Å². The van der Waals surface area contributed by atoms with Gasteiger partial charge in [0.2, 0.25) is 5.91 Å². The van der Waals surface area contributed by atoms with Crippen LogP contribution in [0.2, 0.25) is 0 Å². The first-order valence-electron chi connectivity index (χ1n) is 9.00. The average Bonchev–Trinajstić information content (AvgIpc) is 2.68. The van der Waals surface area contributed by atoms with E-state index in [1.54, 1.807) is 24.3 Å². The molecule has 1 aromatic heterocycles. The molecule has 0 aliphatic carbocycles. The van der Waals surface area contributed by atoms with Crippen molar-refractivity contribution in [2.24, 2.45) is 0 Å². The van der Waals surface area contributed by atoms with Crippen LogP contribution in [0.25, 0.3) is 10.9 Å². The highest BCUT2D eigenvalue weighted by molar-refractivity contribution is 7.99. The summed E-state index contributed by atoms with van der Waals surface area (Å²) < 4.78 is 5.98. The fraction of sp³-hybridized carbons (Fsp3) is 0.474. The van der Waals surface area contributed by atoms with Crippen molar-refractivity contribution >= 4 is 34.5 Å². The molecule has 1 amide bonds. The smallest absolute Gasteiger partial charge is 0.325 e. The average molecular weight is 389 g/mol. The first-order chi connectivity index (χ1) is 13.0. The molecule has 1 aliphatic rings. The molecular weight excluding hydrogens is 366 g/mol. The lowest BCUT2D eigenvalue weighted by atomic mass is 10.0. The van der Waals surface area contributed by atoms with Gasteiger partial charge in [0.25, 0.3) is 5.56 Å². The Hall–Kier alpha value is -2.35. The topological polar surface area (TPSA) is 81.5 Å². The summed E-state index contributed by atoms with van der Waals surface area (Å²) in [5.41, 5.74) is 0.234. The van der Waals surface area contributed by atoms with Crippen LogP contribution in [0.5, 0.6) is 0 Å². The second-order valence-electron chi connectivity index (χ2n) is 6.60. The van der Waals surface area contributed by atoms with Gasteiger partial charge in [0.1, 0.15) is 6.54 Å². The highest BCUT2D eigenvalue weighted by Crippen LogP contribution is 2.21. The fourth-order valence-electron chi connectivity index (χ4n) is 3.27. The third-order valence-corrected chi connectivity index (χ3v) is 5.75. The molecular formula is C19H23N3O4S. The minimum atomic E-state index is -0.535. The maximum absolute atomic E-state index is 12.8. The monoisotopic (exact) mass is 389 g/mol.